The number of carboxylic acids is 1. The number of carbonyl (C=O) groups is 1. The lowest BCUT2D eigenvalue weighted by atomic mass is 9.86. The van der Waals surface area contributed by atoms with Crippen molar-refractivity contribution in [2.75, 3.05) is 0 Å². The lowest BCUT2D eigenvalue weighted by Gasteiger charge is -2.19. The molecule has 5 nitrogen and oxygen atoms in total. The Morgan fingerprint density at radius 3 is 2.93 bits per heavy atom. The molecule has 0 radical (unpaired) electrons. The van der Waals surface area contributed by atoms with Crippen molar-refractivity contribution >= 4 is 5.97 Å². The maximum atomic E-state index is 10.8. The Hall–Kier alpha value is -2.29. The second-order valence-electron chi connectivity index (χ2n) is 8.13. The number of aliphatic carboxylic acids is 1. The molecule has 156 valence electrons. The van der Waals surface area contributed by atoms with Crippen LogP contribution in [0.1, 0.15) is 56.6 Å². The predicted octanol–water partition coefficient (Wildman–Crippen LogP) is 3.29. The average molecular weight is 398 g/mol. The van der Waals surface area contributed by atoms with Crippen molar-refractivity contribution in [2.24, 2.45) is 11.8 Å². The third kappa shape index (κ3) is 4.83. The van der Waals surface area contributed by atoms with E-state index in [1.54, 1.807) is 13.0 Å². The Morgan fingerprint density at radius 1 is 1.41 bits per heavy atom. The molecule has 29 heavy (non-hydrogen) atoms. The quantitative estimate of drug-likeness (QED) is 0.462. The van der Waals surface area contributed by atoms with Crippen LogP contribution in [0.5, 0.6) is 5.75 Å². The van der Waals surface area contributed by atoms with Crippen LogP contribution in [0, 0.1) is 23.7 Å². The van der Waals surface area contributed by atoms with Gasteiger partial charge in [0.1, 0.15) is 11.9 Å². The second-order valence-corrected chi connectivity index (χ2v) is 8.13. The number of fused-ring (bicyclic) bond motifs is 3. The van der Waals surface area contributed by atoms with Crippen LogP contribution >= 0.6 is 0 Å². The summed E-state index contributed by atoms with van der Waals surface area (Å²) in [5, 5.41) is 29.9. The molecule has 1 saturated carbocycles. The molecule has 2 unspecified atom stereocenters. The lowest BCUT2D eigenvalue weighted by molar-refractivity contribution is -0.137. The van der Waals surface area contributed by atoms with E-state index in [9.17, 15) is 15.0 Å². The van der Waals surface area contributed by atoms with Crippen molar-refractivity contribution in [3.63, 3.8) is 0 Å². The van der Waals surface area contributed by atoms with Crippen LogP contribution in [-0.4, -0.2) is 39.6 Å². The zero-order valence-corrected chi connectivity index (χ0v) is 17.0. The highest BCUT2D eigenvalue weighted by molar-refractivity contribution is 5.66. The summed E-state index contributed by atoms with van der Waals surface area (Å²) in [6.07, 6.45) is 5.07. The minimum atomic E-state index is -0.790. The number of aliphatic hydroxyl groups is 2. The topological polar surface area (TPSA) is 87.0 Å². The average Bonchev–Trinajstić information content (AvgIpc) is 3.19. The van der Waals surface area contributed by atoms with Gasteiger partial charge in [-0.05, 0) is 31.2 Å². The van der Waals surface area contributed by atoms with Crippen LogP contribution in [-0.2, 0) is 11.2 Å². The van der Waals surface area contributed by atoms with E-state index in [0.29, 0.717) is 25.7 Å². The van der Waals surface area contributed by atoms with Crippen LogP contribution in [0.2, 0.25) is 0 Å². The Balaban J connectivity index is 1.75. The number of hydrogen-bond donors (Lipinski definition) is 3. The molecule has 1 aliphatic heterocycles. The van der Waals surface area contributed by atoms with Gasteiger partial charge in [0.05, 0.1) is 12.2 Å². The van der Waals surface area contributed by atoms with Crippen LogP contribution in [0.25, 0.3) is 0 Å². The number of ether oxygens (including phenoxy) is 1. The summed E-state index contributed by atoms with van der Waals surface area (Å²) >= 11 is 0. The van der Waals surface area contributed by atoms with Gasteiger partial charge in [0.2, 0.25) is 0 Å². The third-order valence-electron chi connectivity index (χ3n) is 6.04. The molecule has 1 heterocycles. The van der Waals surface area contributed by atoms with Gasteiger partial charge in [0.25, 0.3) is 0 Å². The van der Waals surface area contributed by atoms with Crippen LogP contribution in [0.3, 0.4) is 0 Å². The highest BCUT2D eigenvalue weighted by Crippen LogP contribution is 2.52. The van der Waals surface area contributed by atoms with E-state index in [0.717, 1.165) is 16.9 Å². The fourth-order valence-electron chi connectivity index (χ4n) is 4.41. The minimum absolute atomic E-state index is 0.0287. The number of benzene rings is 1. The van der Waals surface area contributed by atoms with E-state index < -0.39 is 18.2 Å². The molecule has 0 saturated heterocycles. The Labute approximate surface area is 172 Å². The van der Waals surface area contributed by atoms with Crippen molar-refractivity contribution in [3.05, 3.63) is 41.5 Å². The smallest absolute Gasteiger partial charge is 0.303 e. The molecule has 3 N–H and O–H groups in total. The van der Waals surface area contributed by atoms with Crippen molar-refractivity contribution in [2.45, 2.75) is 70.2 Å². The zero-order valence-electron chi connectivity index (χ0n) is 17.0. The second kappa shape index (κ2) is 9.47. The molecule has 1 aromatic rings. The summed E-state index contributed by atoms with van der Waals surface area (Å²) in [7, 11) is 0. The summed E-state index contributed by atoms with van der Waals surface area (Å²) in [6.45, 7) is 3.75. The highest BCUT2D eigenvalue weighted by Gasteiger charge is 2.48. The van der Waals surface area contributed by atoms with E-state index in [-0.39, 0.29) is 30.3 Å². The van der Waals surface area contributed by atoms with E-state index >= 15 is 0 Å². The first-order chi connectivity index (χ1) is 13.9. The van der Waals surface area contributed by atoms with Crippen molar-refractivity contribution in [1.29, 1.82) is 0 Å². The fraction of sp³-hybridized carbons (Fsp3) is 0.542. The van der Waals surface area contributed by atoms with Crippen LogP contribution < -0.4 is 4.74 Å². The van der Waals surface area contributed by atoms with Crippen LogP contribution in [0.4, 0.5) is 0 Å². The Morgan fingerprint density at radius 2 is 2.21 bits per heavy atom. The number of para-hydroxylation sites is 1. The summed E-state index contributed by atoms with van der Waals surface area (Å²) in [4.78, 5) is 10.8. The van der Waals surface area contributed by atoms with Crippen molar-refractivity contribution in [1.82, 2.24) is 0 Å². The number of aliphatic hydroxyl groups excluding tert-OH is 2. The molecular formula is C24H30O5. The monoisotopic (exact) mass is 398 g/mol. The zero-order chi connectivity index (χ0) is 21.0. The molecule has 0 aromatic heterocycles. The van der Waals surface area contributed by atoms with Gasteiger partial charge >= 0.3 is 5.97 Å². The molecule has 6 atom stereocenters. The number of rotatable bonds is 8. The minimum Gasteiger partial charge on any atom is -0.489 e. The largest absolute Gasteiger partial charge is 0.489 e. The molecule has 0 spiro atoms. The molecule has 1 fully saturated rings. The molecule has 1 aromatic carbocycles. The third-order valence-corrected chi connectivity index (χ3v) is 6.04. The summed E-state index contributed by atoms with van der Waals surface area (Å²) < 4.78 is 6.21. The fourth-order valence-corrected chi connectivity index (χ4v) is 4.41. The number of aryl methyl sites for hydroxylation is 1. The maximum Gasteiger partial charge on any atom is 0.303 e. The van der Waals surface area contributed by atoms with E-state index in [4.69, 9.17) is 9.84 Å². The first kappa shape index (κ1) is 21.4. The van der Waals surface area contributed by atoms with Crippen molar-refractivity contribution in [3.8, 4) is 17.6 Å². The van der Waals surface area contributed by atoms with Gasteiger partial charge in [-0.25, -0.2) is 0 Å². The molecule has 3 rings (SSSR count). The van der Waals surface area contributed by atoms with E-state index in [2.05, 4.69) is 11.8 Å². The first-order valence-corrected chi connectivity index (χ1v) is 10.4. The highest BCUT2D eigenvalue weighted by atomic mass is 16.5. The number of hydrogen-bond acceptors (Lipinski definition) is 4. The van der Waals surface area contributed by atoms with Gasteiger partial charge in [-0.3, -0.25) is 4.79 Å². The number of carboxylic acid groups (broad SMARTS) is 1. The molecule has 5 heteroatoms. The molecular weight excluding hydrogens is 368 g/mol. The lowest BCUT2D eigenvalue weighted by Crippen LogP contribution is -2.19. The normalized spacial score (nSPS) is 26.9. The van der Waals surface area contributed by atoms with Crippen molar-refractivity contribution < 1.29 is 24.9 Å². The standard InChI is InChI=1S/C24H30O5/c1-3-4-7-15(2)19(25)13-12-17-20(26)14-21-23(17)18-10-5-8-16(24(18)29-21)9-6-11-22(27)28/h5,8,10,12-13,15,17,19-21,23,25-26H,6-7,9,11,14H2,1-2H3,(H,27,28)/b13-12+/t15-,17-,19-,20+,21?,23?/m1/s1. The summed E-state index contributed by atoms with van der Waals surface area (Å²) in [6, 6.07) is 6.01. The van der Waals surface area contributed by atoms with Gasteiger partial charge in [-0.1, -0.05) is 37.3 Å². The van der Waals surface area contributed by atoms with Gasteiger partial charge < -0.3 is 20.1 Å². The molecule has 2 aliphatic rings. The maximum absolute atomic E-state index is 10.8. The molecule has 0 amide bonds. The first-order valence-electron chi connectivity index (χ1n) is 10.4. The summed E-state index contributed by atoms with van der Waals surface area (Å²) in [5.74, 6) is 5.87. The van der Waals surface area contributed by atoms with E-state index in [1.165, 1.54) is 0 Å². The Kier molecular flexibility index (Phi) is 7.00. The van der Waals surface area contributed by atoms with Crippen LogP contribution in [0.15, 0.2) is 30.4 Å². The van der Waals surface area contributed by atoms with Gasteiger partial charge in [0.15, 0.2) is 0 Å². The van der Waals surface area contributed by atoms with Gasteiger partial charge in [-0.2, -0.15) is 0 Å². The van der Waals surface area contributed by atoms with Gasteiger partial charge in [-0.15, -0.1) is 11.8 Å². The summed E-state index contributed by atoms with van der Waals surface area (Å²) in [5.41, 5.74) is 2.11. The Bertz CT molecular complexity index is 818. The molecule has 0 bridgehead atoms. The SMILES string of the molecule is CC#CC[C@@H](C)[C@H](O)/C=C/[C@H]1C2c3cccc(CCCC(=O)O)c3OC2C[C@@H]1O. The molecule has 1 aliphatic carbocycles. The van der Waals surface area contributed by atoms with E-state index in [1.807, 2.05) is 31.2 Å². The van der Waals surface area contributed by atoms with Gasteiger partial charge in [0, 0.05) is 36.7 Å². The predicted molar refractivity (Wildman–Crippen MR) is 111 cm³/mol.